The SMILES string of the molecule is O=C(NCCc1ccc(Cl)c(F)c1)c1cn(Cc2ccc(F)cc2)c2ccccc12. The minimum Gasteiger partial charge on any atom is -0.352 e. The van der Waals surface area contributed by atoms with Gasteiger partial charge in [-0.2, -0.15) is 0 Å². The Bertz CT molecular complexity index is 1200. The molecule has 0 aliphatic rings. The maximum Gasteiger partial charge on any atom is 0.253 e. The maximum absolute atomic E-state index is 13.6. The molecule has 1 N–H and O–H groups in total. The number of fused-ring (bicyclic) bond motifs is 1. The van der Waals surface area contributed by atoms with Gasteiger partial charge < -0.3 is 9.88 Å². The van der Waals surface area contributed by atoms with Gasteiger partial charge in [0.25, 0.3) is 5.91 Å². The zero-order valence-electron chi connectivity index (χ0n) is 16.0. The van der Waals surface area contributed by atoms with E-state index < -0.39 is 5.82 Å². The predicted molar refractivity (Wildman–Crippen MR) is 115 cm³/mol. The molecule has 0 radical (unpaired) electrons. The van der Waals surface area contributed by atoms with Crippen LogP contribution in [0.3, 0.4) is 0 Å². The van der Waals surface area contributed by atoms with Gasteiger partial charge in [-0.15, -0.1) is 0 Å². The van der Waals surface area contributed by atoms with E-state index in [1.165, 1.54) is 24.3 Å². The van der Waals surface area contributed by atoms with E-state index in [0.29, 0.717) is 25.1 Å². The van der Waals surface area contributed by atoms with Crippen molar-refractivity contribution in [3.63, 3.8) is 0 Å². The second-order valence-electron chi connectivity index (χ2n) is 7.07. The van der Waals surface area contributed by atoms with Crippen molar-refractivity contribution in [1.29, 1.82) is 0 Å². The lowest BCUT2D eigenvalue weighted by molar-refractivity contribution is 0.0955. The molecule has 30 heavy (non-hydrogen) atoms. The molecule has 3 nitrogen and oxygen atoms in total. The summed E-state index contributed by atoms with van der Waals surface area (Å²) in [7, 11) is 0. The Morgan fingerprint density at radius 2 is 1.70 bits per heavy atom. The van der Waals surface area contributed by atoms with Gasteiger partial charge in [-0.05, 0) is 47.9 Å². The highest BCUT2D eigenvalue weighted by atomic mass is 35.5. The number of para-hydroxylation sites is 1. The third kappa shape index (κ3) is 4.36. The van der Waals surface area contributed by atoms with Crippen molar-refractivity contribution in [1.82, 2.24) is 9.88 Å². The largest absolute Gasteiger partial charge is 0.352 e. The average Bonchev–Trinajstić information content (AvgIpc) is 3.11. The monoisotopic (exact) mass is 424 g/mol. The summed E-state index contributed by atoms with van der Waals surface area (Å²) < 4.78 is 28.7. The number of carbonyl (C=O) groups excluding carboxylic acids is 1. The highest BCUT2D eigenvalue weighted by Crippen LogP contribution is 2.23. The normalized spacial score (nSPS) is 11.0. The van der Waals surface area contributed by atoms with Crippen LogP contribution in [0.25, 0.3) is 10.9 Å². The van der Waals surface area contributed by atoms with E-state index in [2.05, 4.69) is 5.32 Å². The number of carbonyl (C=O) groups is 1. The first kappa shape index (κ1) is 20.1. The van der Waals surface area contributed by atoms with Gasteiger partial charge in [0.2, 0.25) is 0 Å². The molecule has 0 fully saturated rings. The molecule has 0 bridgehead atoms. The zero-order chi connectivity index (χ0) is 21.1. The van der Waals surface area contributed by atoms with Crippen molar-refractivity contribution in [3.05, 3.63) is 106 Å². The van der Waals surface area contributed by atoms with Gasteiger partial charge in [-0.25, -0.2) is 8.78 Å². The second kappa shape index (κ2) is 8.67. The van der Waals surface area contributed by atoms with E-state index >= 15 is 0 Å². The molecule has 4 rings (SSSR count). The third-order valence-corrected chi connectivity index (χ3v) is 5.29. The van der Waals surface area contributed by atoms with Crippen LogP contribution in [0.1, 0.15) is 21.5 Å². The molecule has 152 valence electrons. The molecule has 3 aromatic carbocycles. The standard InChI is InChI=1S/C24H19ClF2N2O/c25-21-10-7-16(13-22(21)27)11-12-28-24(30)20-15-29(23-4-2-1-3-19(20)23)14-17-5-8-18(26)9-6-17/h1-10,13,15H,11-12,14H2,(H,28,30). The summed E-state index contributed by atoms with van der Waals surface area (Å²) in [6, 6.07) is 18.6. The molecule has 0 aliphatic carbocycles. The number of aromatic nitrogens is 1. The quantitative estimate of drug-likeness (QED) is 0.430. The van der Waals surface area contributed by atoms with Crippen LogP contribution >= 0.6 is 11.6 Å². The van der Waals surface area contributed by atoms with Crippen molar-refractivity contribution < 1.29 is 13.6 Å². The Morgan fingerprint density at radius 3 is 2.47 bits per heavy atom. The van der Waals surface area contributed by atoms with Gasteiger partial charge in [-0.3, -0.25) is 4.79 Å². The topological polar surface area (TPSA) is 34.0 Å². The minimum atomic E-state index is -0.468. The van der Waals surface area contributed by atoms with Gasteiger partial charge in [0.1, 0.15) is 11.6 Å². The summed E-state index contributed by atoms with van der Waals surface area (Å²) in [6.45, 7) is 0.898. The molecule has 0 saturated heterocycles. The van der Waals surface area contributed by atoms with E-state index in [9.17, 15) is 13.6 Å². The number of amides is 1. The molecule has 6 heteroatoms. The van der Waals surface area contributed by atoms with Gasteiger partial charge in [0.15, 0.2) is 0 Å². The Labute approximate surface area is 177 Å². The van der Waals surface area contributed by atoms with Crippen molar-refractivity contribution in [2.24, 2.45) is 0 Å². The first-order valence-electron chi connectivity index (χ1n) is 9.56. The zero-order valence-corrected chi connectivity index (χ0v) is 16.8. The van der Waals surface area contributed by atoms with Crippen LogP contribution in [0.4, 0.5) is 8.78 Å². The molecule has 1 amide bonds. The number of nitrogens with zero attached hydrogens (tertiary/aromatic N) is 1. The van der Waals surface area contributed by atoms with Crippen LogP contribution in [0, 0.1) is 11.6 Å². The van der Waals surface area contributed by atoms with E-state index in [0.717, 1.165) is 22.0 Å². The lowest BCUT2D eigenvalue weighted by Crippen LogP contribution is -2.25. The average molecular weight is 425 g/mol. The molecule has 1 aromatic heterocycles. The van der Waals surface area contributed by atoms with Crippen LogP contribution in [0.5, 0.6) is 0 Å². The highest BCUT2D eigenvalue weighted by Gasteiger charge is 2.15. The number of rotatable bonds is 6. The van der Waals surface area contributed by atoms with Crippen molar-refractivity contribution in [3.8, 4) is 0 Å². The molecule has 0 aliphatic heterocycles. The highest BCUT2D eigenvalue weighted by molar-refractivity contribution is 6.30. The van der Waals surface area contributed by atoms with Crippen LogP contribution < -0.4 is 5.32 Å². The summed E-state index contributed by atoms with van der Waals surface area (Å²) in [5, 5.41) is 3.82. The number of hydrogen-bond donors (Lipinski definition) is 1. The van der Waals surface area contributed by atoms with Gasteiger partial charge in [0.05, 0.1) is 10.6 Å². The van der Waals surface area contributed by atoms with Crippen LogP contribution in [-0.4, -0.2) is 17.0 Å². The molecular formula is C24H19ClF2N2O. The Hall–Kier alpha value is -3.18. The number of halogens is 3. The molecule has 0 saturated carbocycles. The molecule has 4 aromatic rings. The van der Waals surface area contributed by atoms with Crippen molar-refractivity contribution in [2.45, 2.75) is 13.0 Å². The van der Waals surface area contributed by atoms with Crippen molar-refractivity contribution >= 4 is 28.4 Å². The fourth-order valence-electron chi connectivity index (χ4n) is 3.46. The predicted octanol–water partition coefficient (Wildman–Crippen LogP) is 5.59. The van der Waals surface area contributed by atoms with E-state index in [-0.39, 0.29) is 16.7 Å². The Balaban J connectivity index is 1.50. The first-order valence-corrected chi connectivity index (χ1v) is 9.93. The van der Waals surface area contributed by atoms with Crippen molar-refractivity contribution in [2.75, 3.05) is 6.54 Å². The fraction of sp³-hybridized carbons (Fsp3) is 0.125. The lowest BCUT2D eigenvalue weighted by Gasteiger charge is -2.06. The first-order chi connectivity index (χ1) is 14.5. The minimum absolute atomic E-state index is 0.0803. The summed E-state index contributed by atoms with van der Waals surface area (Å²) in [5.41, 5.74) is 3.19. The van der Waals surface area contributed by atoms with E-state index in [1.807, 2.05) is 35.0 Å². The Morgan fingerprint density at radius 1 is 0.967 bits per heavy atom. The lowest BCUT2D eigenvalue weighted by atomic mass is 10.1. The van der Waals surface area contributed by atoms with Gasteiger partial charge in [-0.1, -0.05) is 48.0 Å². The third-order valence-electron chi connectivity index (χ3n) is 4.98. The number of benzene rings is 3. The van der Waals surface area contributed by atoms with Gasteiger partial charge >= 0.3 is 0 Å². The Kier molecular flexibility index (Phi) is 5.81. The maximum atomic E-state index is 13.6. The van der Waals surface area contributed by atoms with Crippen LogP contribution in [0.2, 0.25) is 5.02 Å². The summed E-state index contributed by atoms with van der Waals surface area (Å²) in [5.74, 6) is -0.945. The summed E-state index contributed by atoms with van der Waals surface area (Å²) in [6.07, 6.45) is 2.30. The smallest absolute Gasteiger partial charge is 0.253 e. The molecule has 0 unspecified atom stereocenters. The number of hydrogen-bond acceptors (Lipinski definition) is 1. The van der Waals surface area contributed by atoms with E-state index in [1.54, 1.807) is 18.2 Å². The molecule has 0 spiro atoms. The van der Waals surface area contributed by atoms with Gasteiger partial charge in [0, 0.05) is 30.2 Å². The second-order valence-corrected chi connectivity index (χ2v) is 7.48. The molecular weight excluding hydrogens is 406 g/mol. The van der Waals surface area contributed by atoms with Crippen LogP contribution in [0.15, 0.2) is 72.9 Å². The molecule has 0 atom stereocenters. The summed E-state index contributed by atoms with van der Waals surface area (Å²) in [4.78, 5) is 12.8. The van der Waals surface area contributed by atoms with E-state index in [4.69, 9.17) is 11.6 Å². The fourth-order valence-corrected chi connectivity index (χ4v) is 3.57. The number of nitrogens with one attached hydrogen (secondary N) is 1. The molecule has 1 heterocycles. The summed E-state index contributed by atoms with van der Waals surface area (Å²) >= 11 is 5.70. The van der Waals surface area contributed by atoms with Crippen LogP contribution in [-0.2, 0) is 13.0 Å².